The van der Waals surface area contributed by atoms with Crippen LogP contribution in [0.15, 0.2) is 0 Å². The van der Waals surface area contributed by atoms with Gasteiger partial charge in [0.15, 0.2) is 0 Å². The fourth-order valence-electron chi connectivity index (χ4n) is 1.35. The van der Waals surface area contributed by atoms with E-state index in [0.717, 1.165) is 10.2 Å². The van der Waals surface area contributed by atoms with Crippen LogP contribution in [0, 0.1) is 0 Å². The zero-order chi connectivity index (χ0) is 9.26. The molecule has 13 heavy (non-hydrogen) atoms. The molecule has 2 rings (SSSR count). The quantitative estimate of drug-likeness (QED) is 0.399. The van der Waals surface area contributed by atoms with Gasteiger partial charge in [-0.1, -0.05) is 0 Å². The fourth-order valence-corrected chi connectivity index (χ4v) is 2.31. The molecule has 0 spiro atoms. The summed E-state index contributed by atoms with van der Waals surface area (Å²) in [6.07, 6.45) is 0. The van der Waals surface area contributed by atoms with Gasteiger partial charge in [0.25, 0.3) is 0 Å². The summed E-state index contributed by atoms with van der Waals surface area (Å²) in [4.78, 5) is 0. The van der Waals surface area contributed by atoms with Crippen molar-refractivity contribution in [2.45, 2.75) is 0 Å². The van der Waals surface area contributed by atoms with Crippen molar-refractivity contribution in [3.8, 4) is 0 Å². The monoisotopic (exact) mass is 168 g/mol. The van der Waals surface area contributed by atoms with Gasteiger partial charge in [-0.25, -0.2) is 0 Å². The Hall–Kier alpha value is 0.219. The molecule has 0 atom stereocenters. The minimum absolute atomic E-state index is 0.822. The van der Waals surface area contributed by atoms with Gasteiger partial charge in [0.1, 0.15) is 0 Å². The number of rotatable bonds is 1. The average molecular weight is 167 g/mol. The topological polar surface area (TPSA) is 0 Å². The molecular formula is C4B8S. The Morgan fingerprint density at radius 3 is 2.77 bits per heavy atom. The molecule has 4 radical (unpaired) electrons. The van der Waals surface area contributed by atoms with E-state index in [-0.39, 0.29) is 0 Å². The Balaban J connectivity index is 2.78. The molecule has 0 nitrogen and oxygen atoms in total. The molecule has 2 aromatic rings. The van der Waals surface area contributed by atoms with Crippen molar-refractivity contribution < 1.29 is 0 Å². The van der Waals surface area contributed by atoms with E-state index < -0.39 is 0 Å². The van der Waals surface area contributed by atoms with Crippen LogP contribution in [0.25, 0.3) is 9.88 Å². The van der Waals surface area contributed by atoms with Crippen molar-refractivity contribution in [3.63, 3.8) is 0 Å². The van der Waals surface area contributed by atoms with E-state index in [1.807, 2.05) is 20.2 Å². The van der Waals surface area contributed by atoms with E-state index in [0.29, 0.717) is 0 Å². The van der Waals surface area contributed by atoms with E-state index in [9.17, 15) is 0 Å². The fraction of sp³-hybridized carbons (Fsp3) is 0. The number of hydrogen-bond acceptors (Lipinski definition) is 1. The summed E-state index contributed by atoms with van der Waals surface area (Å²) < 4.78 is 2.02. The van der Waals surface area contributed by atoms with Crippen LogP contribution in [0.3, 0.4) is 0 Å². The standard InChI is InChI=1S/C4B8S/c5-3-1(7-10-6)2-4(13-3)9-12-11-8-2. The molecule has 0 bridgehead atoms. The molecule has 0 fully saturated rings. The number of fused-ring (bicyclic) bond motifs is 1. The Morgan fingerprint density at radius 2 is 2.00 bits per heavy atom. The van der Waals surface area contributed by atoms with Crippen LogP contribution >= 0.6 is 11.3 Å². The first-order valence-electron chi connectivity index (χ1n) is 3.98. The molecule has 0 unspecified atom stereocenters. The summed E-state index contributed by atoms with van der Waals surface area (Å²) in [7, 11) is 11.2. The van der Waals surface area contributed by atoms with Gasteiger partial charge in [0.2, 0.25) is 0 Å². The van der Waals surface area contributed by atoms with Crippen LogP contribution in [0.2, 0.25) is 0 Å². The first kappa shape index (κ1) is 9.76. The Bertz CT molecular complexity index is 460. The number of thiophene rings is 1. The van der Waals surface area contributed by atoms with Gasteiger partial charge < -0.3 is 0 Å². The molecule has 9 heteroatoms. The van der Waals surface area contributed by atoms with Gasteiger partial charge in [0.05, 0.1) is 0 Å². The molecule has 0 aliphatic carbocycles. The molecule has 0 saturated carbocycles. The summed E-state index contributed by atoms with van der Waals surface area (Å²) >= 11 is 1.59. The van der Waals surface area contributed by atoms with Gasteiger partial charge >= 0.3 is 87.5 Å². The summed E-state index contributed by atoms with van der Waals surface area (Å²) in [5.74, 6) is 0. The molecule has 46 valence electrons. The summed E-state index contributed by atoms with van der Waals surface area (Å²) in [5.41, 5.74) is 1.03. The molecule has 0 N–H and O–H groups in total. The van der Waals surface area contributed by atoms with Crippen molar-refractivity contribution in [3.05, 3.63) is 0 Å². The predicted octanol–water partition coefficient (Wildman–Crippen LogP) is -2.92. The third kappa shape index (κ3) is 1.86. The van der Waals surface area contributed by atoms with Crippen molar-refractivity contribution in [2.75, 3.05) is 0 Å². The van der Waals surface area contributed by atoms with Crippen LogP contribution in [-0.2, 0) is 0 Å². The van der Waals surface area contributed by atoms with Crippen LogP contribution in [0.4, 0.5) is 0 Å². The van der Waals surface area contributed by atoms with Crippen molar-refractivity contribution >= 4 is 87.5 Å². The second kappa shape index (κ2) is 4.16. The summed E-state index contributed by atoms with van der Waals surface area (Å²) in [5, 5.41) is 1.17. The van der Waals surface area contributed by atoms with E-state index >= 15 is 0 Å². The van der Waals surface area contributed by atoms with Gasteiger partial charge in [-0.15, -0.1) is 0 Å². The Labute approximate surface area is 87.6 Å². The second-order valence-electron chi connectivity index (χ2n) is 2.74. The van der Waals surface area contributed by atoms with Crippen molar-refractivity contribution in [2.24, 2.45) is 0 Å². The molecule has 0 aliphatic heterocycles. The SMILES string of the molecule is [B]B=Bc1c([B])sc2bbbbc12. The van der Waals surface area contributed by atoms with Crippen molar-refractivity contribution in [1.29, 1.82) is 0 Å². The van der Waals surface area contributed by atoms with Crippen LogP contribution in [0.5, 0.6) is 0 Å². The van der Waals surface area contributed by atoms with Crippen LogP contribution in [-0.4, -0.2) is 56.0 Å². The van der Waals surface area contributed by atoms with E-state index in [1.165, 1.54) is 16.6 Å². The molecular weight excluding hydrogens is 167 g/mol. The zero-order valence-corrected chi connectivity index (χ0v) is 7.84. The van der Waals surface area contributed by atoms with Gasteiger partial charge in [0, 0.05) is 0 Å². The summed E-state index contributed by atoms with van der Waals surface area (Å²) in [6, 6.07) is 0. The molecule has 0 amide bonds. The predicted molar refractivity (Wildman–Crippen MR) is 69.5 cm³/mol. The zero-order valence-electron chi connectivity index (χ0n) is 7.03. The minimum atomic E-state index is 0.822. The number of hydrogen-bond donors (Lipinski definition) is 0. The summed E-state index contributed by atoms with van der Waals surface area (Å²) in [6.45, 7) is 11.5. The van der Waals surface area contributed by atoms with E-state index in [4.69, 9.17) is 15.6 Å². The maximum atomic E-state index is 5.85. The van der Waals surface area contributed by atoms with Gasteiger partial charge in [-0.2, -0.15) is 0 Å². The Kier molecular flexibility index (Phi) is 3.13. The molecule has 0 saturated heterocycles. The van der Waals surface area contributed by atoms with Crippen LogP contribution < -0.4 is 10.2 Å². The maximum absolute atomic E-state index is 5.85. The molecule has 2 aromatic heterocycles. The molecule has 0 aliphatic rings. The third-order valence-corrected chi connectivity index (χ3v) is 2.94. The van der Waals surface area contributed by atoms with Gasteiger partial charge in [-0.05, 0) is 0 Å². The second-order valence-corrected chi connectivity index (χ2v) is 3.82. The van der Waals surface area contributed by atoms with Gasteiger partial charge in [-0.3, -0.25) is 0 Å². The van der Waals surface area contributed by atoms with Crippen LogP contribution in [0.1, 0.15) is 0 Å². The average Bonchev–Trinajstić information content (AvgIpc) is 2.44. The molecule has 0 aromatic carbocycles. The first-order chi connectivity index (χ1) is 6.33. The third-order valence-electron chi connectivity index (χ3n) is 1.93. The first-order valence-corrected chi connectivity index (χ1v) is 4.80. The van der Waals surface area contributed by atoms with E-state index in [1.54, 1.807) is 11.3 Å². The van der Waals surface area contributed by atoms with E-state index in [2.05, 4.69) is 13.6 Å². The molecule has 2 heterocycles. The normalized spacial score (nSPS) is 8.92. The van der Waals surface area contributed by atoms with Crippen molar-refractivity contribution in [1.82, 2.24) is 0 Å². The Morgan fingerprint density at radius 1 is 1.23 bits per heavy atom.